The first-order chi connectivity index (χ1) is 7.44. The molecule has 0 radical (unpaired) electrons. The third-order valence-electron chi connectivity index (χ3n) is 3.45. The van der Waals surface area contributed by atoms with Crippen LogP contribution in [0.5, 0.6) is 0 Å². The topological polar surface area (TPSA) is 40.5 Å². The van der Waals surface area contributed by atoms with Gasteiger partial charge in [0.25, 0.3) is 0 Å². The molecule has 2 nitrogen and oxygen atoms in total. The van der Waals surface area contributed by atoms with E-state index in [1.165, 1.54) is 0 Å². The third kappa shape index (κ3) is 7.01. The lowest BCUT2D eigenvalue weighted by atomic mass is 9.86. The Morgan fingerprint density at radius 1 is 1.06 bits per heavy atom. The molecule has 0 aromatic carbocycles. The minimum atomic E-state index is -1.16. The van der Waals surface area contributed by atoms with Gasteiger partial charge < -0.3 is 10.2 Å². The van der Waals surface area contributed by atoms with Gasteiger partial charge in [-0.25, -0.2) is 0 Å². The van der Waals surface area contributed by atoms with Crippen molar-refractivity contribution in [3.05, 3.63) is 12.2 Å². The van der Waals surface area contributed by atoms with Gasteiger partial charge in [-0.1, -0.05) is 59.5 Å². The predicted molar refractivity (Wildman–Crippen MR) is 78.0 cm³/mol. The largest absolute Gasteiger partial charge is 0.392 e. The first kappa shape index (κ1) is 16.9. The minimum absolute atomic E-state index is 0.167. The van der Waals surface area contributed by atoms with Crippen LogP contribution in [0.15, 0.2) is 12.2 Å². The molecule has 2 N–H and O–H groups in total. The highest BCUT2D eigenvalue weighted by Gasteiger charge is 2.24. The molecule has 0 saturated heterocycles. The Balaban J connectivity index is 4.28. The maximum atomic E-state index is 9.90. The average Bonchev–Trinajstić information content (AvgIpc) is 2.10. The first-order valence-electron chi connectivity index (χ1n) is 6.49. The lowest BCUT2D eigenvalue weighted by Crippen LogP contribution is -2.30. The molecule has 0 unspecified atom stereocenters. The minimum Gasteiger partial charge on any atom is -0.392 e. The maximum Gasteiger partial charge on any atom is 0.0745 e. The zero-order valence-electron chi connectivity index (χ0n) is 12.5. The Hall–Kier alpha value is -0.123. The van der Waals surface area contributed by atoms with Gasteiger partial charge in [0.1, 0.15) is 0 Å². The van der Waals surface area contributed by atoms with Crippen LogP contribution < -0.4 is 0 Å². The fourth-order valence-corrected chi connectivity index (χ4v) is 1.93. The molecule has 0 aromatic rings. The Labute approximate surface area is 108 Å². The van der Waals surface area contributed by atoms with E-state index in [2.05, 4.69) is 32.6 Å². The number of hydrogen-bond acceptors (Lipinski definition) is 2. The number of allylic oxidation sites excluding steroid dienone is 1. The van der Waals surface area contributed by atoms with Gasteiger partial charge in [-0.15, -0.1) is 0 Å². The van der Waals surface area contributed by atoms with Crippen LogP contribution in [0.25, 0.3) is 0 Å². The van der Waals surface area contributed by atoms with Crippen molar-refractivity contribution in [3.8, 4) is 0 Å². The molecule has 102 valence electrons. The van der Waals surface area contributed by atoms with Crippen LogP contribution in [0.2, 0.25) is 25.2 Å². The molecule has 0 rings (SSSR count). The van der Waals surface area contributed by atoms with Gasteiger partial charge in [0.2, 0.25) is 0 Å². The quantitative estimate of drug-likeness (QED) is 0.586. The van der Waals surface area contributed by atoms with E-state index in [0.29, 0.717) is 12.0 Å². The lowest BCUT2D eigenvalue weighted by molar-refractivity contribution is 0.0256. The fraction of sp³-hybridized carbons (Fsp3) is 0.857. The lowest BCUT2D eigenvalue weighted by Gasteiger charge is -2.27. The molecule has 3 heteroatoms. The second-order valence-electron chi connectivity index (χ2n) is 7.22. The first-order valence-corrected chi connectivity index (χ1v) is 10.1. The van der Waals surface area contributed by atoms with Gasteiger partial charge in [0.05, 0.1) is 20.3 Å². The van der Waals surface area contributed by atoms with Crippen molar-refractivity contribution in [3.63, 3.8) is 0 Å². The van der Waals surface area contributed by atoms with Crippen molar-refractivity contribution in [1.82, 2.24) is 0 Å². The summed E-state index contributed by atoms with van der Waals surface area (Å²) in [5.41, 5.74) is 0.378. The molecule has 0 fully saturated rings. The molecule has 0 heterocycles. The smallest absolute Gasteiger partial charge is 0.0745 e. The normalized spacial score (nSPS) is 19.4. The summed E-state index contributed by atoms with van der Waals surface area (Å²) in [5.74, 6) is 0. The van der Waals surface area contributed by atoms with E-state index in [0.717, 1.165) is 0 Å². The van der Waals surface area contributed by atoms with E-state index in [4.69, 9.17) is 0 Å². The van der Waals surface area contributed by atoms with Crippen LogP contribution in [0.4, 0.5) is 0 Å². The molecular formula is C14H30O2Si. The van der Waals surface area contributed by atoms with E-state index < -0.39 is 20.3 Å². The Kier molecular flexibility index (Phi) is 6.12. The van der Waals surface area contributed by atoms with E-state index in [9.17, 15) is 10.2 Å². The molecule has 3 atom stereocenters. The zero-order valence-corrected chi connectivity index (χ0v) is 13.5. The maximum absolute atomic E-state index is 9.90. The Bertz CT molecular complexity index is 248. The number of aliphatic hydroxyl groups excluding tert-OH is 2. The summed E-state index contributed by atoms with van der Waals surface area (Å²) in [4.78, 5) is 0. The molecule has 0 aliphatic heterocycles. The van der Waals surface area contributed by atoms with Gasteiger partial charge >= 0.3 is 0 Å². The number of rotatable bonds is 5. The highest BCUT2D eigenvalue weighted by Crippen LogP contribution is 2.25. The molecule has 0 aliphatic rings. The van der Waals surface area contributed by atoms with Crippen molar-refractivity contribution in [2.45, 2.75) is 71.5 Å². The van der Waals surface area contributed by atoms with Gasteiger partial charge in [-0.2, -0.15) is 0 Å². The molecular weight excluding hydrogens is 228 g/mol. The summed E-state index contributed by atoms with van der Waals surface area (Å²) in [6.07, 6.45) is 3.36. The van der Waals surface area contributed by atoms with Gasteiger partial charge in [-0.3, -0.25) is 0 Å². The van der Waals surface area contributed by atoms with Crippen LogP contribution in [-0.4, -0.2) is 30.5 Å². The second kappa shape index (κ2) is 6.16. The van der Waals surface area contributed by atoms with Crippen LogP contribution >= 0.6 is 0 Å². The Morgan fingerprint density at radius 3 is 1.88 bits per heavy atom. The zero-order chi connectivity index (χ0) is 13.9. The summed E-state index contributed by atoms with van der Waals surface area (Å²) in [7, 11) is -1.16. The predicted octanol–water partition coefficient (Wildman–Crippen LogP) is 3.43. The van der Waals surface area contributed by atoms with Crippen molar-refractivity contribution >= 4 is 8.07 Å². The highest BCUT2D eigenvalue weighted by atomic mass is 28.3. The van der Waals surface area contributed by atoms with Gasteiger partial charge in [-0.05, 0) is 11.0 Å². The number of hydrogen-bond donors (Lipinski definition) is 2. The molecule has 0 amide bonds. The fourth-order valence-electron chi connectivity index (χ4n) is 1.24. The van der Waals surface area contributed by atoms with Crippen molar-refractivity contribution in [1.29, 1.82) is 0 Å². The van der Waals surface area contributed by atoms with Crippen LogP contribution in [0.1, 0.15) is 34.1 Å². The van der Waals surface area contributed by atoms with Crippen molar-refractivity contribution in [2.75, 3.05) is 0 Å². The van der Waals surface area contributed by atoms with Gasteiger partial charge in [0.15, 0.2) is 0 Å². The summed E-state index contributed by atoms with van der Waals surface area (Å²) < 4.78 is 0. The molecule has 0 spiro atoms. The molecule has 0 aromatic heterocycles. The second-order valence-corrected chi connectivity index (χ2v) is 12.9. The molecule has 0 bridgehead atoms. The third-order valence-corrected chi connectivity index (χ3v) is 6.38. The molecule has 17 heavy (non-hydrogen) atoms. The summed E-state index contributed by atoms with van der Waals surface area (Å²) in [6.45, 7) is 15.1. The average molecular weight is 258 g/mol. The number of aliphatic hydroxyl groups is 2. The summed E-state index contributed by atoms with van der Waals surface area (Å²) in [6, 6.07) is 0. The van der Waals surface area contributed by atoms with E-state index in [1.54, 1.807) is 0 Å². The van der Waals surface area contributed by atoms with E-state index in [1.807, 2.05) is 26.8 Å². The molecule has 0 aliphatic carbocycles. The van der Waals surface area contributed by atoms with Crippen LogP contribution in [-0.2, 0) is 0 Å². The summed E-state index contributed by atoms with van der Waals surface area (Å²) in [5, 5.41) is 19.8. The van der Waals surface area contributed by atoms with Gasteiger partial charge in [0, 0.05) is 6.42 Å². The highest BCUT2D eigenvalue weighted by molar-refractivity contribution is 6.77. The van der Waals surface area contributed by atoms with Crippen molar-refractivity contribution in [2.24, 2.45) is 5.41 Å². The van der Waals surface area contributed by atoms with Crippen LogP contribution in [0, 0.1) is 5.41 Å². The molecule has 0 saturated carbocycles. The van der Waals surface area contributed by atoms with E-state index >= 15 is 0 Å². The monoisotopic (exact) mass is 258 g/mol. The van der Waals surface area contributed by atoms with E-state index in [-0.39, 0.29) is 5.41 Å². The van der Waals surface area contributed by atoms with Crippen molar-refractivity contribution < 1.29 is 10.2 Å². The standard InChI is InChI=1S/C14H30O2Si/c1-11(17(5,6)7)8-9-12(15)10-13(16)14(2,3)4/h8-9,11-13,15-16H,10H2,1-7H3/b9-8-/t11-,12-,13+/m1/s1. The SMILES string of the molecule is C[C@H](/C=C\[C@@H](O)C[C@H](O)C(C)(C)C)[Si](C)(C)C. The van der Waals surface area contributed by atoms with Crippen LogP contribution in [0.3, 0.4) is 0 Å². The Morgan fingerprint density at radius 2 is 1.53 bits per heavy atom. The summed E-state index contributed by atoms with van der Waals surface area (Å²) >= 11 is 0.